The topological polar surface area (TPSA) is 111 Å². The van der Waals surface area contributed by atoms with Gasteiger partial charge in [0.15, 0.2) is 0 Å². The third-order valence-electron chi connectivity index (χ3n) is 6.13. The maximum atomic E-state index is 11.8. The highest BCUT2D eigenvalue weighted by atomic mass is 16.6. The molecule has 2 aliphatic heterocycles. The van der Waals surface area contributed by atoms with Crippen molar-refractivity contribution >= 4 is 12.2 Å². The summed E-state index contributed by atoms with van der Waals surface area (Å²) in [7, 11) is 0. The number of ether oxygens (including phenoxy) is 2. The summed E-state index contributed by atoms with van der Waals surface area (Å²) in [5.41, 5.74) is 11.1. The summed E-state index contributed by atoms with van der Waals surface area (Å²) in [4.78, 5) is 27.1. The van der Waals surface area contributed by atoms with Gasteiger partial charge >= 0.3 is 12.2 Å². The lowest BCUT2D eigenvalue weighted by Crippen LogP contribution is -2.48. The summed E-state index contributed by atoms with van der Waals surface area (Å²) in [5, 5.41) is 0. The van der Waals surface area contributed by atoms with Gasteiger partial charge in [0.2, 0.25) is 0 Å². The fourth-order valence-corrected chi connectivity index (χ4v) is 4.46. The molecule has 0 radical (unpaired) electrons. The van der Waals surface area contributed by atoms with Crippen LogP contribution in [-0.2, 0) is 9.47 Å². The van der Waals surface area contributed by atoms with Gasteiger partial charge in [-0.2, -0.15) is 0 Å². The molecule has 0 aromatic rings. The lowest BCUT2D eigenvalue weighted by molar-refractivity contribution is 0.0181. The Morgan fingerprint density at radius 3 is 1.30 bits per heavy atom. The van der Waals surface area contributed by atoms with E-state index in [9.17, 15) is 9.59 Å². The Kier molecular flexibility index (Phi) is 6.31. The molecule has 0 aromatic carbocycles. The number of rotatable bonds is 0. The van der Waals surface area contributed by atoms with Crippen LogP contribution in [0.3, 0.4) is 0 Å². The van der Waals surface area contributed by atoms with Crippen molar-refractivity contribution in [1.82, 2.24) is 9.80 Å². The number of nitrogens with zero attached hydrogens (tertiary/aromatic N) is 2. The Labute approximate surface area is 180 Å². The van der Waals surface area contributed by atoms with Gasteiger partial charge in [-0.05, 0) is 78.1 Å². The molecule has 0 bridgehead atoms. The minimum atomic E-state index is -0.415. The molecule has 2 heterocycles. The van der Waals surface area contributed by atoms with Crippen LogP contribution in [0.5, 0.6) is 0 Å². The zero-order chi connectivity index (χ0) is 22.4. The second kappa shape index (κ2) is 8.19. The molecule has 2 saturated heterocycles. The van der Waals surface area contributed by atoms with Gasteiger partial charge in [-0.1, -0.05) is 0 Å². The molecule has 0 spiro atoms. The average Bonchev–Trinajstić information content (AvgIpc) is 3.45. The van der Waals surface area contributed by atoms with Gasteiger partial charge in [-0.25, -0.2) is 9.59 Å². The molecule has 172 valence electrons. The highest BCUT2D eigenvalue weighted by molar-refractivity contribution is 5.69. The van der Waals surface area contributed by atoms with E-state index >= 15 is 0 Å². The molecular weight excluding hydrogens is 384 g/mol. The fourth-order valence-electron chi connectivity index (χ4n) is 4.46. The van der Waals surface area contributed by atoms with Crippen molar-refractivity contribution in [1.29, 1.82) is 0 Å². The van der Waals surface area contributed by atoms with E-state index in [1.807, 2.05) is 41.5 Å². The van der Waals surface area contributed by atoms with Gasteiger partial charge in [-0.15, -0.1) is 0 Å². The van der Waals surface area contributed by atoms with Crippen LogP contribution in [0.15, 0.2) is 0 Å². The molecule has 6 atom stereocenters. The van der Waals surface area contributed by atoms with Crippen molar-refractivity contribution in [3.63, 3.8) is 0 Å². The number of carbonyl (C=O) groups is 2. The molecule has 4 aliphatic rings. The van der Waals surface area contributed by atoms with Gasteiger partial charge < -0.3 is 30.7 Å². The second-order valence-corrected chi connectivity index (χ2v) is 11.4. The van der Waals surface area contributed by atoms with Crippen LogP contribution >= 0.6 is 0 Å². The number of carbonyl (C=O) groups excluding carboxylic acids is 2. The maximum Gasteiger partial charge on any atom is 0.410 e. The Morgan fingerprint density at radius 1 is 0.700 bits per heavy atom. The number of piperidine rings is 2. The van der Waals surface area contributed by atoms with E-state index in [0.29, 0.717) is 36.8 Å². The average molecular weight is 425 g/mol. The minimum Gasteiger partial charge on any atom is -0.444 e. The summed E-state index contributed by atoms with van der Waals surface area (Å²) in [6.07, 6.45) is 1.92. The van der Waals surface area contributed by atoms with E-state index < -0.39 is 11.2 Å². The Morgan fingerprint density at radius 2 is 1.03 bits per heavy atom. The first-order valence-electron chi connectivity index (χ1n) is 11.2. The largest absolute Gasteiger partial charge is 0.444 e. The van der Waals surface area contributed by atoms with Crippen LogP contribution < -0.4 is 11.5 Å². The number of hydrogen-bond acceptors (Lipinski definition) is 6. The molecule has 30 heavy (non-hydrogen) atoms. The summed E-state index contributed by atoms with van der Waals surface area (Å²) in [6.45, 7) is 14.3. The number of fused-ring (bicyclic) bond motifs is 2. The van der Waals surface area contributed by atoms with Gasteiger partial charge in [-0.3, -0.25) is 0 Å². The van der Waals surface area contributed by atoms with E-state index in [2.05, 4.69) is 0 Å². The quantitative estimate of drug-likeness (QED) is 0.618. The molecule has 8 heteroatoms. The van der Waals surface area contributed by atoms with Gasteiger partial charge in [0.25, 0.3) is 0 Å². The zero-order valence-corrected chi connectivity index (χ0v) is 19.4. The van der Waals surface area contributed by atoms with Crippen LogP contribution in [0.1, 0.15) is 54.4 Å². The van der Waals surface area contributed by atoms with Crippen LogP contribution in [0.2, 0.25) is 0 Å². The van der Waals surface area contributed by atoms with Crippen molar-refractivity contribution in [3.05, 3.63) is 0 Å². The number of hydrogen-bond donors (Lipinski definition) is 2. The molecule has 4 rings (SSSR count). The summed E-state index contributed by atoms with van der Waals surface area (Å²) < 4.78 is 10.6. The fraction of sp³-hybridized carbons (Fsp3) is 0.909. The summed E-state index contributed by atoms with van der Waals surface area (Å²) in [5.74, 6) is 2.56. The van der Waals surface area contributed by atoms with Crippen LogP contribution in [0, 0.1) is 23.7 Å². The van der Waals surface area contributed by atoms with Gasteiger partial charge in [0, 0.05) is 38.3 Å². The first-order chi connectivity index (χ1) is 13.7. The van der Waals surface area contributed by atoms with Crippen LogP contribution in [0.25, 0.3) is 0 Å². The third kappa shape index (κ3) is 6.23. The van der Waals surface area contributed by atoms with E-state index in [1.54, 1.807) is 9.80 Å². The van der Waals surface area contributed by atoms with Crippen molar-refractivity contribution < 1.29 is 19.1 Å². The molecule has 2 amide bonds. The minimum absolute atomic E-state index is 0.149. The molecule has 0 aromatic heterocycles. The smallest absolute Gasteiger partial charge is 0.410 e. The predicted molar refractivity (Wildman–Crippen MR) is 115 cm³/mol. The molecule has 2 aliphatic carbocycles. The van der Waals surface area contributed by atoms with Crippen molar-refractivity contribution in [2.24, 2.45) is 35.1 Å². The molecule has 8 nitrogen and oxygen atoms in total. The van der Waals surface area contributed by atoms with Crippen molar-refractivity contribution in [3.8, 4) is 0 Å². The normalized spacial score (nSPS) is 34.7. The number of nitrogens with two attached hydrogens (primary N) is 2. The second-order valence-electron chi connectivity index (χ2n) is 11.4. The Hall–Kier alpha value is -1.54. The zero-order valence-electron chi connectivity index (χ0n) is 19.4. The summed E-state index contributed by atoms with van der Waals surface area (Å²) >= 11 is 0. The van der Waals surface area contributed by atoms with Crippen molar-refractivity contribution in [2.75, 3.05) is 26.2 Å². The standard InChI is InChI=1S/2C11H20N2O2/c2*1-11(2,3)15-10(14)13-5-7-4-8(7)9(12)6-13/h2*7-9H,4-6,12H2,1-3H3/t2*7-,8+,9-/m10/s1. The van der Waals surface area contributed by atoms with E-state index in [1.165, 1.54) is 12.8 Å². The Balaban J connectivity index is 0.000000171. The highest BCUT2D eigenvalue weighted by Crippen LogP contribution is 2.45. The van der Waals surface area contributed by atoms with Crippen LogP contribution in [0.4, 0.5) is 9.59 Å². The lowest BCUT2D eigenvalue weighted by Gasteiger charge is -2.32. The maximum absolute atomic E-state index is 11.8. The lowest BCUT2D eigenvalue weighted by atomic mass is 10.1. The van der Waals surface area contributed by atoms with E-state index in [4.69, 9.17) is 20.9 Å². The van der Waals surface area contributed by atoms with E-state index in [0.717, 1.165) is 13.1 Å². The SMILES string of the molecule is CC(C)(C)OC(=O)N1C[C@@H]2C[C@H]2[C@@H](N)C1.CC(C)(C)OC(=O)N1C[C@H]2C[C@@H]2[C@H](N)C1. The van der Waals surface area contributed by atoms with Crippen LogP contribution in [-0.4, -0.2) is 71.5 Å². The first kappa shape index (κ1) is 23.1. The molecular formula is C22H40N4O4. The molecule has 4 N–H and O–H groups in total. The number of likely N-dealkylation sites (tertiary alicyclic amines) is 2. The van der Waals surface area contributed by atoms with E-state index in [-0.39, 0.29) is 24.3 Å². The summed E-state index contributed by atoms with van der Waals surface area (Å²) in [6, 6.07) is 0.299. The third-order valence-corrected chi connectivity index (χ3v) is 6.13. The highest BCUT2D eigenvalue weighted by Gasteiger charge is 2.49. The van der Waals surface area contributed by atoms with Gasteiger partial charge in [0.05, 0.1) is 0 Å². The van der Waals surface area contributed by atoms with Gasteiger partial charge in [0.1, 0.15) is 11.2 Å². The number of amides is 2. The Bertz CT molecular complexity index is 601. The molecule has 0 unspecified atom stereocenters. The molecule has 4 fully saturated rings. The first-order valence-corrected chi connectivity index (χ1v) is 11.2. The molecule has 2 saturated carbocycles. The van der Waals surface area contributed by atoms with Crippen molar-refractivity contribution in [2.45, 2.75) is 77.7 Å². The predicted octanol–water partition coefficient (Wildman–Crippen LogP) is 2.40. The monoisotopic (exact) mass is 424 g/mol.